The lowest BCUT2D eigenvalue weighted by molar-refractivity contribution is -0.889. The fourth-order valence-electron chi connectivity index (χ4n) is 6.68. The molecule has 0 aromatic carbocycles. The average Bonchev–Trinajstić information content (AvgIpc) is 3.26. The standard InChI is InChI=1S/C56H91NO7/c1-6-8-10-12-14-16-18-20-22-24-26-27-28-29-31-32-34-36-38-40-42-44-46-54(58)63-51-52(50-62-49-48-53(56(60)61)57(3,4)5)64-55(59)47-45-43-41-39-37-35-33-30-25-23-21-19-17-15-13-11-9-7-2/h8,10-11,13-17,19-23,25-27,30,33,52-53H,6-7,9,12,18,24,28-29,31-32,34-51H2,1-5H3/b10-8+,13-11+,16-14+,17-15+,21-19+,22-20+,25-23+,27-26+,33-30+. The second-order valence-electron chi connectivity index (χ2n) is 17.4. The van der Waals surface area contributed by atoms with Crippen molar-refractivity contribution >= 4 is 17.9 Å². The Morgan fingerprint density at radius 1 is 0.500 bits per heavy atom. The van der Waals surface area contributed by atoms with Crippen LogP contribution >= 0.6 is 0 Å². The van der Waals surface area contributed by atoms with Crippen molar-refractivity contribution in [2.45, 2.75) is 187 Å². The highest BCUT2D eigenvalue weighted by atomic mass is 16.6. The smallest absolute Gasteiger partial charge is 0.306 e. The molecule has 0 aliphatic rings. The molecule has 8 nitrogen and oxygen atoms in total. The molecule has 0 aliphatic carbocycles. The van der Waals surface area contributed by atoms with Crippen molar-refractivity contribution in [3.05, 3.63) is 109 Å². The van der Waals surface area contributed by atoms with E-state index in [1.165, 1.54) is 44.9 Å². The van der Waals surface area contributed by atoms with Gasteiger partial charge in [-0.25, -0.2) is 0 Å². The number of nitrogens with zero attached hydrogens (tertiary/aromatic N) is 1. The van der Waals surface area contributed by atoms with Crippen LogP contribution in [0.1, 0.15) is 174 Å². The van der Waals surface area contributed by atoms with Crippen molar-refractivity contribution in [3.8, 4) is 0 Å². The molecule has 0 aromatic rings. The van der Waals surface area contributed by atoms with E-state index in [0.717, 1.165) is 96.3 Å². The Kier molecular flexibility index (Phi) is 42.7. The van der Waals surface area contributed by atoms with Gasteiger partial charge in [-0.1, -0.05) is 194 Å². The molecule has 2 unspecified atom stereocenters. The summed E-state index contributed by atoms with van der Waals surface area (Å²) in [6.45, 7) is 4.42. The zero-order chi connectivity index (χ0) is 47.0. The molecule has 0 fully saturated rings. The van der Waals surface area contributed by atoms with E-state index in [0.29, 0.717) is 6.42 Å². The first-order chi connectivity index (χ1) is 31.1. The fourth-order valence-corrected chi connectivity index (χ4v) is 6.68. The lowest BCUT2D eigenvalue weighted by atomic mass is 10.1. The quantitative estimate of drug-likeness (QED) is 0.0197. The molecular formula is C56H91NO7. The maximum atomic E-state index is 12.8. The van der Waals surface area contributed by atoms with Crippen LogP contribution in [0.2, 0.25) is 0 Å². The second kappa shape index (κ2) is 45.6. The van der Waals surface area contributed by atoms with Crippen LogP contribution in [-0.2, 0) is 28.6 Å². The summed E-state index contributed by atoms with van der Waals surface area (Å²) in [5, 5.41) is 11.7. The highest BCUT2D eigenvalue weighted by Gasteiger charge is 2.25. The summed E-state index contributed by atoms with van der Waals surface area (Å²) in [5.41, 5.74) is 0. The van der Waals surface area contributed by atoms with Crippen LogP contribution < -0.4 is 5.11 Å². The minimum atomic E-state index is -1.14. The lowest BCUT2D eigenvalue weighted by Gasteiger charge is -2.34. The summed E-state index contributed by atoms with van der Waals surface area (Å²) >= 11 is 0. The van der Waals surface area contributed by atoms with Crippen molar-refractivity contribution in [1.82, 2.24) is 0 Å². The van der Waals surface area contributed by atoms with E-state index in [4.69, 9.17) is 14.2 Å². The van der Waals surface area contributed by atoms with E-state index < -0.39 is 18.1 Å². The lowest BCUT2D eigenvalue weighted by Crippen LogP contribution is -2.55. The van der Waals surface area contributed by atoms with Crippen molar-refractivity contribution in [2.24, 2.45) is 0 Å². The van der Waals surface area contributed by atoms with E-state index in [2.05, 4.69) is 86.8 Å². The van der Waals surface area contributed by atoms with E-state index in [-0.39, 0.29) is 49.1 Å². The average molecular weight is 890 g/mol. The number of esters is 2. The highest BCUT2D eigenvalue weighted by molar-refractivity contribution is 5.70. The largest absolute Gasteiger partial charge is 0.544 e. The van der Waals surface area contributed by atoms with Crippen molar-refractivity contribution < 1.29 is 38.2 Å². The highest BCUT2D eigenvalue weighted by Crippen LogP contribution is 2.14. The minimum Gasteiger partial charge on any atom is -0.544 e. The van der Waals surface area contributed by atoms with Gasteiger partial charge in [-0.3, -0.25) is 9.59 Å². The van der Waals surface area contributed by atoms with Crippen LogP contribution in [0, 0.1) is 0 Å². The van der Waals surface area contributed by atoms with Gasteiger partial charge < -0.3 is 28.6 Å². The Labute approximate surface area is 391 Å². The van der Waals surface area contributed by atoms with Crippen molar-refractivity contribution in [1.29, 1.82) is 0 Å². The summed E-state index contributed by atoms with van der Waals surface area (Å²) in [6, 6.07) is -0.739. The Hall–Kier alpha value is -4.01. The number of carbonyl (C=O) groups is 3. The number of quaternary nitrogens is 1. The number of carboxylic acids is 1. The maximum Gasteiger partial charge on any atom is 0.306 e. The summed E-state index contributed by atoms with van der Waals surface area (Å²) in [6.07, 6.45) is 62.5. The number of likely N-dealkylation sites (N-methyl/N-ethyl adjacent to an activating group) is 1. The maximum absolute atomic E-state index is 12.8. The van der Waals surface area contributed by atoms with Crippen LogP contribution in [0.5, 0.6) is 0 Å². The zero-order valence-corrected chi connectivity index (χ0v) is 41.2. The number of rotatable bonds is 43. The Balaban J connectivity index is 4.34. The molecule has 0 spiro atoms. The first-order valence-corrected chi connectivity index (χ1v) is 25.0. The number of ether oxygens (including phenoxy) is 3. The van der Waals surface area contributed by atoms with Crippen LogP contribution in [0.4, 0.5) is 0 Å². The van der Waals surface area contributed by atoms with Gasteiger partial charge in [0.25, 0.3) is 0 Å². The molecule has 0 N–H and O–H groups in total. The van der Waals surface area contributed by atoms with E-state index in [9.17, 15) is 19.5 Å². The molecule has 0 saturated carbocycles. The third kappa shape index (κ3) is 43.3. The first-order valence-electron chi connectivity index (χ1n) is 25.0. The Morgan fingerprint density at radius 3 is 1.44 bits per heavy atom. The zero-order valence-electron chi connectivity index (χ0n) is 41.2. The molecule has 0 saturated heterocycles. The minimum absolute atomic E-state index is 0.0210. The summed E-state index contributed by atoms with van der Waals surface area (Å²) < 4.78 is 17.2. The van der Waals surface area contributed by atoms with Gasteiger partial charge >= 0.3 is 11.9 Å². The van der Waals surface area contributed by atoms with Gasteiger partial charge in [0.05, 0.1) is 40.3 Å². The van der Waals surface area contributed by atoms with Crippen LogP contribution in [-0.4, -0.2) is 75.5 Å². The van der Waals surface area contributed by atoms with Crippen LogP contribution in [0.3, 0.4) is 0 Å². The second-order valence-corrected chi connectivity index (χ2v) is 17.4. The molecule has 0 bridgehead atoms. The molecule has 0 rings (SSSR count). The topological polar surface area (TPSA) is 102 Å². The van der Waals surface area contributed by atoms with Crippen LogP contribution in [0.15, 0.2) is 109 Å². The van der Waals surface area contributed by atoms with Gasteiger partial charge in [-0.15, -0.1) is 0 Å². The monoisotopic (exact) mass is 890 g/mol. The van der Waals surface area contributed by atoms with Gasteiger partial charge in [-0.2, -0.15) is 0 Å². The molecule has 0 aromatic heterocycles. The third-order valence-electron chi connectivity index (χ3n) is 10.5. The molecule has 0 amide bonds. The van der Waals surface area contributed by atoms with E-state index in [1.54, 1.807) is 21.1 Å². The Bertz CT molecular complexity index is 1410. The van der Waals surface area contributed by atoms with Crippen molar-refractivity contribution in [3.63, 3.8) is 0 Å². The Morgan fingerprint density at radius 2 is 0.938 bits per heavy atom. The molecule has 362 valence electrons. The normalized spacial score (nSPS) is 13.8. The molecule has 0 radical (unpaired) electrons. The predicted molar refractivity (Wildman–Crippen MR) is 268 cm³/mol. The van der Waals surface area contributed by atoms with Gasteiger partial charge in [0.1, 0.15) is 12.6 Å². The van der Waals surface area contributed by atoms with E-state index >= 15 is 0 Å². The molecule has 8 heteroatoms. The van der Waals surface area contributed by atoms with Gasteiger partial charge in [0.15, 0.2) is 6.10 Å². The molecular weight excluding hydrogens is 799 g/mol. The van der Waals surface area contributed by atoms with Gasteiger partial charge in [-0.05, 0) is 70.6 Å². The number of hydrogen-bond acceptors (Lipinski definition) is 7. The number of hydrogen-bond donors (Lipinski definition) is 0. The fraction of sp³-hybridized carbons (Fsp3) is 0.625. The number of unbranched alkanes of at least 4 members (excludes halogenated alkanes) is 15. The molecule has 0 heterocycles. The predicted octanol–water partition coefficient (Wildman–Crippen LogP) is 13.1. The summed E-state index contributed by atoms with van der Waals surface area (Å²) in [7, 11) is 5.39. The number of carbonyl (C=O) groups excluding carboxylic acids is 3. The first kappa shape index (κ1) is 60.0. The SMILES string of the molecule is CC/C=C/C/C=C/C/C=C/C/C=C/CCCCCCCCCCCC(=O)OCC(COCCC(C(=O)[O-])[N+](C)(C)C)OC(=O)CCCCCCC/C=C/C=C/C=C/C=C/C=C/CCC. The summed E-state index contributed by atoms with van der Waals surface area (Å²) in [5.74, 6) is -1.79. The number of aliphatic carboxylic acids is 1. The van der Waals surface area contributed by atoms with E-state index in [1.807, 2.05) is 36.5 Å². The molecule has 64 heavy (non-hydrogen) atoms. The van der Waals surface area contributed by atoms with Gasteiger partial charge in [0, 0.05) is 19.3 Å². The molecule has 2 atom stereocenters. The molecule has 0 aliphatic heterocycles. The van der Waals surface area contributed by atoms with Crippen molar-refractivity contribution in [2.75, 3.05) is 41.0 Å². The number of allylic oxidation sites excluding steroid dienone is 18. The van der Waals surface area contributed by atoms with Crippen LogP contribution in [0.25, 0.3) is 0 Å². The summed E-state index contributed by atoms with van der Waals surface area (Å²) in [4.78, 5) is 37.0. The van der Waals surface area contributed by atoms with Gasteiger partial charge in [0.2, 0.25) is 0 Å². The third-order valence-corrected chi connectivity index (χ3v) is 10.5. The number of carboxylic acid groups (broad SMARTS) is 1.